The summed E-state index contributed by atoms with van der Waals surface area (Å²) in [6.45, 7) is 5.75. The molecule has 0 unspecified atom stereocenters. The van der Waals surface area contributed by atoms with E-state index in [1.165, 1.54) is 7.11 Å². The standard InChI is InChI=1S/C20H20N2O6/c1-4-10-28-18-9-7-14(11-19(18)26-3)6-8-17-16(20(23)27-5-2)12-15(13-21-17)22(24)25/h4,6-9,11-13H,1,5,10H2,2-3H3. The van der Waals surface area contributed by atoms with Crippen molar-refractivity contribution in [3.05, 3.63) is 70.1 Å². The summed E-state index contributed by atoms with van der Waals surface area (Å²) in [5, 5.41) is 11.0. The third-order valence-electron chi connectivity index (χ3n) is 3.59. The van der Waals surface area contributed by atoms with Gasteiger partial charge in [-0.3, -0.25) is 10.1 Å². The molecule has 28 heavy (non-hydrogen) atoms. The Kier molecular flexibility index (Phi) is 7.27. The number of hydrogen-bond acceptors (Lipinski definition) is 7. The summed E-state index contributed by atoms with van der Waals surface area (Å²) in [6, 6.07) is 6.45. The van der Waals surface area contributed by atoms with Crippen LogP contribution in [0.15, 0.2) is 43.1 Å². The lowest BCUT2D eigenvalue weighted by atomic mass is 10.1. The molecule has 2 rings (SSSR count). The number of nitro groups is 1. The molecule has 0 spiro atoms. The van der Waals surface area contributed by atoms with Crippen LogP contribution in [-0.2, 0) is 4.74 Å². The van der Waals surface area contributed by atoms with Crippen LogP contribution in [0.25, 0.3) is 12.2 Å². The number of carbonyl (C=O) groups is 1. The minimum absolute atomic E-state index is 0.0187. The van der Waals surface area contributed by atoms with Crippen LogP contribution in [-0.4, -0.2) is 36.2 Å². The molecule has 0 atom stereocenters. The first kappa shape index (κ1) is 20.6. The predicted octanol–water partition coefficient (Wildman–Crippen LogP) is 3.91. The Bertz CT molecular complexity index is 908. The third kappa shape index (κ3) is 5.16. The zero-order valence-electron chi connectivity index (χ0n) is 15.6. The second kappa shape index (κ2) is 9.86. The van der Waals surface area contributed by atoms with Crippen LogP contribution >= 0.6 is 0 Å². The van der Waals surface area contributed by atoms with Gasteiger partial charge in [-0.25, -0.2) is 9.78 Å². The maximum Gasteiger partial charge on any atom is 0.340 e. The second-order valence-electron chi connectivity index (χ2n) is 5.45. The molecule has 0 aliphatic heterocycles. The van der Waals surface area contributed by atoms with Crippen LogP contribution in [0.3, 0.4) is 0 Å². The van der Waals surface area contributed by atoms with Crippen molar-refractivity contribution in [2.24, 2.45) is 0 Å². The number of ether oxygens (including phenoxy) is 3. The zero-order chi connectivity index (χ0) is 20.5. The third-order valence-corrected chi connectivity index (χ3v) is 3.59. The smallest absolute Gasteiger partial charge is 0.340 e. The molecule has 0 radical (unpaired) electrons. The molecule has 0 aliphatic carbocycles. The molecule has 0 N–H and O–H groups in total. The van der Waals surface area contributed by atoms with Crippen molar-refractivity contribution in [2.75, 3.05) is 20.3 Å². The number of carbonyl (C=O) groups excluding carboxylic acids is 1. The van der Waals surface area contributed by atoms with Crippen molar-refractivity contribution in [1.82, 2.24) is 4.98 Å². The van der Waals surface area contributed by atoms with Crippen molar-refractivity contribution in [3.63, 3.8) is 0 Å². The van der Waals surface area contributed by atoms with Gasteiger partial charge >= 0.3 is 5.97 Å². The molecule has 0 amide bonds. The summed E-state index contributed by atoms with van der Waals surface area (Å²) < 4.78 is 15.8. The fraction of sp³-hybridized carbons (Fsp3) is 0.200. The van der Waals surface area contributed by atoms with E-state index in [0.717, 1.165) is 17.8 Å². The fourth-order valence-corrected chi connectivity index (χ4v) is 2.30. The highest BCUT2D eigenvalue weighted by atomic mass is 16.6. The molecule has 0 saturated carbocycles. The topological polar surface area (TPSA) is 101 Å². The molecule has 1 aromatic heterocycles. The van der Waals surface area contributed by atoms with Crippen LogP contribution < -0.4 is 9.47 Å². The molecular formula is C20H20N2O6. The summed E-state index contributed by atoms with van der Waals surface area (Å²) in [5.41, 5.74) is 0.753. The molecule has 8 nitrogen and oxygen atoms in total. The Morgan fingerprint density at radius 2 is 2.07 bits per heavy atom. The molecule has 0 fully saturated rings. The van der Waals surface area contributed by atoms with Gasteiger partial charge in [0.1, 0.15) is 12.8 Å². The van der Waals surface area contributed by atoms with Gasteiger partial charge in [0.2, 0.25) is 0 Å². The maximum atomic E-state index is 12.1. The molecule has 2 aromatic rings. The van der Waals surface area contributed by atoms with Crippen LogP contribution in [0, 0.1) is 10.1 Å². The molecule has 8 heteroatoms. The molecule has 1 heterocycles. The van der Waals surface area contributed by atoms with Crippen molar-refractivity contribution in [3.8, 4) is 11.5 Å². The van der Waals surface area contributed by atoms with Gasteiger partial charge < -0.3 is 14.2 Å². The van der Waals surface area contributed by atoms with Crippen molar-refractivity contribution in [2.45, 2.75) is 6.92 Å². The number of aromatic nitrogens is 1. The van der Waals surface area contributed by atoms with E-state index in [4.69, 9.17) is 14.2 Å². The number of methoxy groups -OCH3 is 1. The molecule has 0 saturated heterocycles. The first-order valence-corrected chi connectivity index (χ1v) is 8.41. The van der Waals surface area contributed by atoms with Gasteiger partial charge in [-0.2, -0.15) is 0 Å². The molecule has 1 aromatic carbocycles. The highest BCUT2D eigenvalue weighted by Crippen LogP contribution is 2.29. The van der Waals surface area contributed by atoms with Crippen LogP contribution in [0.2, 0.25) is 0 Å². The average Bonchev–Trinajstić information content (AvgIpc) is 2.70. The monoisotopic (exact) mass is 384 g/mol. The number of benzene rings is 1. The largest absolute Gasteiger partial charge is 0.493 e. The van der Waals surface area contributed by atoms with E-state index in [9.17, 15) is 14.9 Å². The highest BCUT2D eigenvalue weighted by Gasteiger charge is 2.17. The van der Waals surface area contributed by atoms with Gasteiger partial charge in [-0.05, 0) is 30.7 Å². The van der Waals surface area contributed by atoms with Crippen LogP contribution in [0.5, 0.6) is 11.5 Å². The summed E-state index contributed by atoms with van der Waals surface area (Å²) in [4.78, 5) is 26.5. The lowest BCUT2D eigenvalue weighted by Gasteiger charge is -2.10. The Morgan fingerprint density at radius 1 is 1.29 bits per heavy atom. The Balaban J connectivity index is 2.35. The van der Waals surface area contributed by atoms with E-state index >= 15 is 0 Å². The van der Waals surface area contributed by atoms with Gasteiger partial charge in [0.15, 0.2) is 11.5 Å². The van der Waals surface area contributed by atoms with Crippen molar-refractivity contribution in [1.29, 1.82) is 0 Å². The number of rotatable bonds is 9. The number of pyridine rings is 1. The highest BCUT2D eigenvalue weighted by molar-refractivity contribution is 5.94. The molecule has 0 aliphatic rings. The Morgan fingerprint density at radius 3 is 2.71 bits per heavy atom. The van der Waals surface area contributed by atoms with Gasteiger partial charge in [-0.1, -0.05) is 24.8 Å². The Labute approximate surface area is 162 Å². The summed E-state index contributed by atoms with van der Waals surface area (Å²) in [5.74, 6) is 0.426. The van der Waals surface area contributed by atoms with E-state index in [-0.39, 0.29) is 23.6 Å². The van der Waals surface area contributed by atoms with Crippen molar-refractivity contribution >= 4 is 23.8 Å². The first-order chi connectivity index (χ1) is 13.5. The van der Waals surface area contributed by atoms with Gasteiger partial charge in [0.25, 0.3) is 5.69 Å². The SMILES string of the molecule is C=CCOc1ccc(C=Cc2ncc([N+](=O)[O-])cc2C(=O)OCC)cc1OC. The van der Waals surface area contributed by atoms with Crippen LogP contribution in [0.1, 0.15) is 28.5 Å². The zero-order valence-corrected chi connectivity index (χ0v) is 15.6. The van der Waals surface area contributed by atoms with E-state index in [1.54, 1.807) is 43.4 Å². The first-order valence-electron chi connectivity index (χ1n) is 8.41. The summed E-state index contributed by atoms with van der Waals surface area (Å²) in [6.07, 6.45) is 6.01. The molecule has 0 bridgehead atoms. The minimum Gasteiger partial charge on any atom is -0.493 e. The number of hydrogen-bond donors (Lipinski definition) is 0. The van der Waals surface area contributed by atoms with Gasteiger partial charge in [0, 0.05) is 6.07 Å². The predicted molar refractivity (Wildman–Crippen MR) is 104 cm³/mol. The molecule has 146 valence electrons. The number of esters is 1. The van der Waals surface area contributed by atoms with E-state index in [0.29, 0.717) is 18.1 Å². The average molecular weight is 384 g/mol. The molecular weight excluding hydrogens is 364 g/mol. The normalized spacial score (nSPS) is 10.5. The van der Waals surface area contributed by atoms with E-state index in [1.807, 2.05) is 0 Å². The number of nitrogens with zero attached hydrogens (tertiary/aromatic N) is 2. The fourth-order valence-electron chi connectivity index (χ4n) is 2.30. The van der Waals surface area contributed by atoms with Crippen LogP contribution in [0.4, 0.5) is 5.69 Å². The minimum atomic E-state index is -0.677. The van der Waals surface area contributed by atoms with Crippen molar-refractivity contribution < 1.29 is 23.9 Å². The quantitative estimate of drug-likeness (QED) is 0.280. The second-order valence-corrected chi connectivity index (χ2v) is 5.45. The lowest BCUT2D eigenvalue weighted by molar-refractivity contribution is -0.385. The Hall–Kier alpha value is -3.68. The summed E-state index contributed by atoms with van der Waals surface area (Å²) in [7, 11) is 1.53. The maximum absolute atomic E-state index is 12.1. The van der Waals surface area contributed by atoms with Gasteiger partial charge in [-0.15, -0.1) is 0 Å². The lowest BCUT2D eigenvalue weighted by Crippen LogP contribution is -2.08. The van der Waals surface area contributed by atoms with Gasteiger partial charge in [0.05, 0.1) is 29.9 Å². The van der Waals surface area contributed by atoms with E-state index < -0.39 is 10.9 Å². The summed E-state index contributed by atoms with van der Waals surface area (Å²) >= 11 is 0. The van der Waals surface area contributed by atoms with E-state index in [2.05, 4.69) is 11.6 Å².